The van der Waals surface area contributed by atoms with Crippen molar-refractivity contribution in [3.05, 3.63) is 24.2 Å². The van der Waals surface area contributed by atoms with Crippen molar-refractivity contribution < 1.29 is 19.1 Å². The third kappa shape index (κ3) is 3.66. The summed E-state index contributed by atoms with van der Waals surface area (Å²) in [6.07, 6.45) is 3.55. The molecular formula is C13H19NO4. The van der Waals surface area contributed by atoms with E-state index in [1.165, 1.54) is 6.26 Å². The first-order chi connectivity index (χ1) is 8.79. The van der Waals surface area contributed by atoms with Gasteiger partial charge in [0.1, 0.15) is 0 Å². The normalized spacial score (nSPS) is 18.1. The standard InChI is InChI=1S/C13H19NO4/c15-7-9-17-11-3-5-14(6-4-11)10-12(16)13-2-1-8-18-13/h1-2,8,11,15H,3-7,9-10H2. The predicted octanol–water partition coefficient (Wildman–Crippen LogP) is 0.936. The number of likely N-dealkylation sites (tertiary alicyclic amines) is 1. The average molecular weight is 253 g/mol. The highest BCUT2D eigenvalue weighted by Gasteiger charge is 2.22. The third-order valence-electron chi connectivity index (χ3n) is 3.14. The maximum Gasteiger partial charge on any atom is 0.211 e. The minimum absolute atomic E-state index is 0.0229. The van der Waals surface area contributed by atoms with Crippen molar-refractivity contribution in [2.45, 2.75) is 18.9 Å². The smallest absolute Gasteiger partial charge is 0.211 e. The molecule has 0 amide bonds. The van der Waals surface area contributed by atoms with Crippen molar-refractivity contribution in [1.29, 1.82) is 0 Å². The van der Waals surface area contributed by atoms with Crippen LogP contribution in [0.2, 0.25) is 0 Å². The number of hydrogen-bond acceptors (Lipinski definition) is 5. The van der Waals surface area contributed by atoms with Gasteiger partial charge in [-0.2, -0.15) is 0 Å². The van der Waals surface area contributed by atoms with Gasteiger partial charge in [-0.3, -0.25) is 9.69 Å². The van der Waals surface area contributed by atoms with Gasteiger partial charge in [0.05, 0.1) is 32.1 Å². The molecule has 5 heteroatoms. The van der Waals surface area contributed by atoms with E-state index in [0.29, 0.717) is 18.9 Å². The number of piperidine rings is 1. The van der Waals surface area contributed by atoms with Crippen molar-refractivity contribution in [3.8, 4) is 0 Å². The molecule has 0 spiro atoms. The number of Topliss-reactive ketones (excluding diaryl/α,β-unsaturated/α-hetero) is 1. The first-order valence-electron chi connectivity index (χ1n) is 6.31. The fourth-order valence-electron chi connectivity index (χ4n) is 2.17. The Labute approximate surface area is 106 Å². The van der Waals surface area contributed by atoms with Crippen LogP contribution in [-0.4, -0.2) is 54.7 Å². The van der Waals surface area contributed by atoms with Gasteiger partial charge in [0.2, 0.25) is 5.78 Å². The molecule has 0 radical (unpaired) electrons. The van der Waals surface area contributed by atoms with Gasteiger partial charge in [-0.25, -0.2) is 0 Å². The Hall–Kier alpha value is -1.17. The maximum absolute atomic E-state index is 11.8. The molecule has 0 saturated carbocycles. The Morgan fingerprint density at radius 2 is 2.28 bits per heavy atom. The van der Waals surface area contributed by atoms with E-state index in [0.717, 1.165) is 25.9 Å². The molecule has 2 heterocycles. The molecule has 5 nitrogen and oxygen atoms in total. The van der Waals surface area contributed by atoms with Gasteiger partial charge >= 0.3 is 0 Å². The Morgan fingerprint density at radius 1 is 1.50 bits per heavy atom. The van der Waals surface area contributed by atoms with Crippen molar-refractivity contribution >= 4 is 5.78 Å². The Kier molecular flexibility index (Phi) is 4.92. The lowest BCUT2D eigenvalue weighted by atomic mass is 10.1. The number of furan rings is 1. The number of rotatable bonds is 6. The molecule has 0 unspecified atom stereocenters. The number of ether oxygens (including phenoxy) is 1. The summed E-state index contributed by atoms with van der Waals surface area (Å²) in [5.74, 6) is 0.448. The highest BCUT2D eigenvalue weighted by molar-refractivity contribution is 5.94. The van der Waals surface area contributed by atoms with Crippen molar-refractivity contribution in [2.24, 2.45) is 0 Å². The fraction of sp³-hybridized carbons (Fsp3) is 0.615. The van der Waals surface area contributed by atoms with E-state index >= 15 is 0 Å². The van der Waals surface area contributed by atoms with Gasteiger partial charge in [0, 0.05) is 13.1 Å². The van der Waals surface area contributed by atoms with Gasteiger partial charge in [0.15, 0.2) is 5.76 Å². The van der Waals surface area contributed by atoms with Gasteiger partial charge < -0.3 is 14.3 Å². The van der Waals surface area contributed by atoms with Crippen molar-refractivity contribution in [2.75, 3.05) is 32.8 Å². The number of nitrogens with zero attached hydrogens (tertiary/aromatic N) is 1. The van der Waals surface area contributed by atoms with E-state index < -0.39 is 0 Å². The van der Waals surface area contributed by atoms with Gasteiger partial charge in [-0.15, -0.1) is 0 Å². The fourth-order valence-corrected chi connectivity index (χ4v) is 2.17. The molecule has 2 rings (SSSR count). The van der Waals surface area contributed by atoms with Crippen molar-refractivity contribution in [3.63, 3.8) is 0 Å². The van der Waals surface area contributed by atoms with E-state index in [4.69, 9.17) is 14.3 Å². The summed E-state index contributed by atoms with van der Waals surface area (Å²) in [7, 11) is 0. The molecule has 0 bridgehead atoms. The summed E-state index contributed by atoms with van der Waals surface area (Å²) in [5, 5.41) is 8.68. The molecule has 1 aromatic rings. The number of aliphatic hydroxyl groups is 1. The highest BCUT2D eigenvalue weighted by atomic mass is 16.5. The van der Waals surface area contributed by atoms with E-state index in [9.17, 15) is 4.79 Å². The molecule has 18 heavy (non-hydrogen) atoms. The Morgan fingerprint density at radius 3 is 2.89 bits per heavy atom. The van der Waals surface area contributed by atoms with Crippen LogP contribution in [0.15, 0.2) is 22.8 Å². The average Bonchev–Trinajstić information content (AvgIpc) is 2.92. The zero-order valence-corrected chi connectivity index (χ0v) is 10.4. The topological polar surface area (TPSA) is 62.9 Å². The number of carbonyl (C=O) groups is 1. The molecule has 1 fully saturated rings. The second-order valence-electron chi connectivity index (χ2n) is 4.47. The van der Waals surface area contributed by atoms with E-state index in [2.05, 4.69) is 4.90 Å². The van der Waals surface area contributed by atoms with Gasteiger partial charge in [0.25, 0.3) is 0 Å². The largest absolute Gasteiger partial charge is 0.461 e. The molecule has 0 atom stereocenters. The summed E-state index contributed by atoms with van der Waals surface area (Å²) >= 11 is 0. The van der Waals surface area contributed by atoms with Crippen LogP contribution < -0.4 is 0 Å². The first-order valence-corrected chi connectivity index (χ1v) is 6.31. The number of hydrogen-bond donors (Lipinski definition) is 1. The lowest BCUT2D eigenvalue weighted by Gasteiger charge is -2.31. The molecule has 1 saturated heterocycles. The summed E-state index contributed by atoms with van der Waals surface area (Å²) in [5.41, 5.74) is 0. The number of carbonyl (C=O) groups excluding carboxylic acids is 1. The number of aliphatic hydroxyl groups excluding tert-OH is 1. The van der Waals surface area contributed by atoms with Crippen LogP contribution in [0.4, 0.5) is 0 Å². The molecule has 0 aliphatic carbocycles. The lowest BCUT2D eigenvalue weighted by Crippen LogP contribution is -2.40. The van der Waals surface area contributed by atoms with Crippen molar-refractivity contribution in [1.82, 2.24) is 4.90 Å². The predicted molar refractivity (Wildman–Crippen MR) is 65.5 cm³/mol. The third-order valence-corrected chi connectivity index (χ3v) is 3.14. The highest BCUT2D eigenvalue weighted by Crippen LogP contribution is 2.14. The van der Waals surface area contributed by atoms with Crippen LogP contribution in [-0.2, 0) is 4.74 Å². The zero-order valence-electron chi connectivity index (χ0n) is 10.4. The number of ketones is 1. The van der Waals surface area contributed by atoms with Gasteiger partial charge in [-0.05, 0) is 25.0 Å². The molecule has 1 aliphatic heterocycles. The molecule has 1 aliphatic rings. The van der Waals surface area contributed by atoms with Crippen LogP contribution in [0.25, 0.3) is 0 Å². The summed E-state index contributed by atoms with van der Waals surface area (Å²) in [4.78, 5) is 13.9. The quantitative estimate of drug-likeness (QED) is 0.764. The summed E-state index contributed by atoms with van der Waals surface area (Å²) in [6.45, 7) is 2.57. The van der Waals surface area contributed by atoms with Crippen LogP contribution >= 0.6 is 0 Å². The first kappa shape index (κ1) is 13.3. The zero-order chi connectivity index (χ0) is 12.8. The molecule has 0 aromatic carbocycles. The summed E-state index contributed by atoms with van der Waals surface area (Å²) < 4.78 is 10.6. The SMILES string of the molecule is O=C(CN1CCC(OCCO)CC1)c1ccco1. The molecule has 1 aromatic heterocycles. The van der Waals surface area contributed by atoms with Gasteiger partial charge in [-0.1, -0.05) is 0 Å². The lowest BCUT2D eigenvalue weighted by molar-refractivity contribution is -0.00700. The maximum atomic E-state index is 11.8. The minimum Gasteiger partial charge on any atom is -0.461 e. The molecular weight excluding hydrogens is 234 g/mol. The van der Waals surface area contributed by atoms with Crippen LogP contribution in [0, 0.1) is 0 Å². The van der Waals surface area contributed by atoms with Crippen LogP contribution in [0.1, 0.15) is 23.4 Å². The van der Waals surface area contributed by atoms with E-state index in [1.54, 1.807) is 12.1 Å². The van der Waals surface area contributed by atoms with Crippen LogP contribution in [0.5, 0.6) is 0 Å². The monoisotopic (exact) mass is 253 g/mol. The molecule has 100 valence electrons. The second kappa shape index (κ2) is 6.68. The Balaban J connectivity index is 1.72. The Bertz CT molecular complexity index is 355. The summed E-state index contributed by atoms with van der Waals surface area (Å²) in [6, 6.07) is 3.42. The second-order valence-corrected chi connectivity index (χ2v) is 4.47. The van der Waals surface area contributed by atoms with Crippen LogP contribution in [0.3, 0.4) is 0 Å². The molecule has 1 N–H and O–H groups in total. The van der Waals surface area contributed by atoms with E-state index in [1.807, 2.05) is 0 Å². The minimum atomic E-state index is 0.0229. The van der Waals surface area contributed by atoms with E-state index in [-0.39, 0.29) is 18.5 Å².